The highest BCUT2D eigenvalue weighted by molar-refractivity contribution is 7.80. The number of nitrogens with zero attached hydrogens (tertiary/aromatic N) is 3. The number of thiocarbonyl (C=S) groups is 1. The van der Waals surface area contributed by atoms with Crippen LogP contribution in [0.4, 0.5) is 5.13 Å². The van der Waals surface area contributed by atoms with Crippen LogP contribution in [0, 0.1) is 0 Å². The summed E-state index contributed by atoms with van der Waals surface area (Å²) in [4.78, 5) is 32.9. The predicted molar refractivity (Wildman–Crippen MR) is 105 cm³/mol. The smallest absolute Gasteiger partial charge is 0.265 e. The fourth-order valence-electron chi connectivity index (χ4n) is 2.70. The van der Waals surface area contributed by atoms with Gasteiger partial charge in [-0.25, -0.2) is 4.98 Å². The molecule has 2 aliphatic rings. The first kappa shape index (κ1) is 19.0. The summed E-state index contributed by atoms with van der Waals surface area (Å²) in [6.45, 7) is 5.15. The van der Waals surface area contributed by atoms with E-state index in [2.05, 4.69) is 16.9 Å². The van der Waals surface area contributed by atoms with Gasteiger partial charge in [0.15, 0.2) is 10.2 Å². The van der Waals surface area contributed by atoms with Crippen molar-refractivity contribution >= 4 is 63.3 Å². The van der Waals surface area contributed by atoms with Crippen LogP contribution in [-0.2, 0) is 9.59 Å². The largest absolute Gasteiger partial charge is 0.393 e. The minimum absolute atomic E-state index is 0.0494. The maximum absolute atomic E-state index is 12.6. The Morgan fingerprint density at radius 2 is 2.12 bits per heavy atom. The summed E-state index contributed by atoms with van der Waals surface area (Å²) < 4.78 is 0. The Hall–Kier alpha value is -1.81. The minimum Gasteiger partial charge on any atom is -0.393 e. The van der Waals surface area contributed by atoms with E-state index < -0.39 is 11.8 Å². The molecule has 3 rings (SSSR count). The van der Waals surface area contributed by atoms with Crippen molar-refractivity contribution in [2.75, 3.05) is 24.5 Å². The monoisotopic (exact) mass is 412 g/mol. The van der Waals surface area contributed by atoms with Gasteiger partial charge < -0.3 is 10.0 Å². The first-order chi connectivity index (χ1) is 12.4. The average Bonchev–Trinajstić information content (AvgIpc) is 2.96. The summed E-state index contributed by atoms with van der Waals surface area (Å²) in [5.74, 6) is -1.06. The Bertz CT molecular complexity index is 799. The second-order valence-corrected chi connectivity index (χ2v) is 7.65. The van der Waals surface area contributed by atoms with Crippen molar-refractivity contribution in [2.24, 2.45) is 0 Å². The maximum atomic E-state index is 12.6. The van der Waals surface area contributed by atoms with Crippen molar-refractivity contribution in [3.63, 3.8) is 0 Å². The van der Waals surface area contributed by atoms with E-state index in [0.29, 0.717) is 35.9 Å². The maximum Gasteiger partial charge on any atom is 0.265 e. The van der Waals surface area contributed by atoms with Gasteiger partial charge >= 0.3 is 0 Å². The minimum atomic E-state index is -0.563. The molecule has 3 heterocycles. The Labute approximate surface area is 164 Å². The third-order valence-corrected chi connectivity index (χ3v) is 5.89. The lowest BCUT2D eigenvalue weighted by atomic mass is 10.1. The lowest BCUT2D eigenvalue weighted by Crippen LogP contribution is -2.53. The van der Waals surface area contributed by atoms with Crippen molar-refractivity contribution in [3.8, 4) is 0 Å². The summed E-state index contributed by atoms with van der Waals surface area (Å²) in [5, 5.41) is 13.1. The standard InChI is InChI=1S/C16H17ClN4O3S2/c1-2-5-21-14(24)10(13(23)19-15(21)25)8-11-12(17)18-16(26-11)20-6-3-9(22)4-7-20/h2,8-9,22H,1,3-7H2,(H,19,23,25). The second-order valence-electron chi connectivity index (χ2n) is 5.89. The van der Waals surface area contributed by atoms with Crippen molar-refractivity contribution in [3.05, 3.63) is 28.3 Å². The van der Waals surface area contributed by atoms with E-state index in [9.17, 15) is 14.7 Å². The van der Waals surface area contributed by atoms with Crippen LogP contribution in [-0.4, -0.2) is 57.7 Å². The molecule has 2 amide bonds. The van der Waals surface area contributed by atoms with Crippen LogP contribution in [0.1, 0.15) is 17.7 Å². The van der Waals surface area contributed by atoms with Crippen molar-refractivity contribution in [2.45, 2.75) is 18.9 Å². The number of aliphatic hydroxyl groups is 1. The van der Waals surface area contributed by atoms with E-state index in [1.165, 1.54) is 28.4 Å². The topological polar surface area (TPSA) is 85.8 Å². The number of hydrogen-bond acceptors (Lipinski definition) is 7. The molecule has 0 saturated carbocycles. The molecule has 0 atom stereocenters. The summed E-state index contributed by atoms with van der Waals surface area (Å²) in [6.07, 6.45) is 4.02. The molecular weight excluding hydrogens is 396 g/mol. The lowest BCUT2D eigenvalue weighted by Gasteiger charge is -2.29. The quantitative estimate of drug-likeness (QED) is 0.338. The highest BCUT2D eigenvalue weighted by Gasteiger charge is 2.33. The zero-order valence-corrected chi connectivity index (χ0v) is 16.2. The molecule has 0 radical (unpaired) electrons. The average molecular weight is 413 g/mol. The molecule has 2 fully saturated rings. The number of amides is 2. The number of nitrogens with one attached hydrogen (secondary N) is 1. The van der Waals surface area contributed by atoms with Crippen LogP contribution in [0.15, 0.2) is 18.2 Å². The van der Waals surface area contributed by atoms with Crippen LogP contribution in [0.25, 0.3) is 6.08 Å². The fourth-order valence-corrected chi connectivity index (χ4v) is 4.21. The highest BCUT2D eigenvalue weighted by Crippen LogP contribution is 2.33. The molecule has 0 bridgehead atoms. The van der Waals surface area contributed by atoms with Crippen LogP contribution in [0.2, 0.25) is 5.15 Å². The lowest BCUT2D eigenvalue weighted by molar-refractivity contribution is -0.128. The molecule has 26 heavy (non-hydrogen) atoms. The predicted octanol–water partition coefficient (Wildman–Crippen LogP) is 1.57. The summed E-state index contributed by atoms with van der Waals surface area (Å²) >= 11 is 12.5. The third-order valence-electron chi connectivity index (χ3n) is 4.11. The SMILES string of the molecule is C=CCN1C(=O)C(=Cc2sc(N3CCC(O)CC3)nc2Cl)C(=O)NC1=S. The molecule has 1 aromatic heterocycles. The van der Waals surface area contributed by atoms with Gasteiger partial charge in [0.2, 0.25) is 0 Å². The number of thiazole rings is 1. The molecule has 0 spiro atoms. The Morgan fingerprint density at radius 1 is 1.42 bits per heavy atom. The van der Waals surface area contributed by atoms with Crippen LogP contribution in [0.5, 0.6) is 0 Å². The van der Waals surface area contributed by atoms with Gasteiger partial charge in [0, 0.05) is 19.6 Å². The molecule has 2 N–H and O–H groups in total. The van der Waals surface area contributed by atoms with E-state index in [1.54, 1.807) is 0 Å². The fraction of sp³-hybridized carbons (Fsp3) is 0.375. The number of aromatic nitrogens is 1. The normalized spacial score (nSPS) is 20.7. The zero-order chi connectivity index (χ0) is 18.8. The molecule has 0 aromatic carbocycles. The molecule has 2 aliphatic heterocycles. The van der Waals surface area contributed by atoms with E-state index >= 15 is 0 Å². The van der Waals surface area contributed by atoms with Gasteiger partial charge in [-0.05, 0) is 31.1 Å². The molecule has 7 nitrogen and oxygen atoms in total. The van der Waals surface area contributed by atoms with Crippen molar-refractivity contribution < 1.29 is 14.7 Å². The number of carbonyl (C=O) groups excluding carboxylic acids is 2. The summed E-state index contributed by atoms with van der Waals surface area (Å²) in [6, 6.07) is 0. The van der Waals surface area contributed by atoms with Crippen molar-refractivity contribution in [1.29, 1.82) is 0 Å². The molecule has 0 unspecified atom stereocenters. The number of halogens is 1. The number of piperidine rings is 1. The van der Waals surface area contributed by atoms with E-state index in [4.69, 9.17) is 23.8 Å². The van der Waals surface area contributed by atoms with Gasteiger partial charge in [0.1, 0.15) is 10.7 Å². The molecular formula is C16H17ClN4O3S2. The first-order valence-corrected chi connectivity index (χ1v) is 9.60. The Balaban J connectivity index is 1.86. The zero-order valence-electron chi connectivity index (χ0n) is 13.8. The van der Waals surface area contributed by atoms with Crippen LogP contribution in [0.3, 0.4) is 0 Å². The van der Waals surface area contributed by atoms with Gasteiger partial charge in [-0.2, -0.15) is 0 Å². The first-order valence-electron chi connectivity index (χ1n) is 7.99. The Kier molecular flexibility index (Phi) is 5.71. The number of carbonyl (C=O) groups is 2. The molecule has 1 aromatic rings. The van der Waals surface area contributed by atoms with Gasteiger partial charge in [-0.3, -0.25) is 19.8 Å². The van der Waals surface area contributed by atoms with E-state index in [1.807, 2.05) is 4.90 Å². The van der Waals surface area contributed by atoms with Crippen LogP contribution < -0.4 is 10.2 Å². The van der Waals surface area contributed by atoms with Crippen molar-refractivity contribution in [1.82, 2.24) is 15.2 Å². The van der Waals surface area contributed by atoms with Crippen LogP contribution >= 0.6 is 35.2 Å². The number of hydrogen-bond donors (Lipinski definition) is 2. The number of rotatable bonds is 4. The van der Waals surface area contributed by atoms with Gasteiger partial charge in [0.05, 0.1) is 11.0 Å². The number of anilines is 1. The van der Waals surface area contributed by atoms with Gasteiger partial charge in [-0.15, -0.1) is 6.58 Å². The summed E-state index contributed by atoms with van der Waals surface area (Å²) in [5.41, 5.74) is -0.0494. The van der Waals surface area contributed by atoms with E-state index in [-0.39, 0.29) is 28.5 Å². The second kappa shape index (κ2) is 7.83. The molecule has 10 heteroatoms. The Morgan fingerprint density at radius 3 is 2.77 bits per heavy atom. The summed E-state index contributed by atoms with van der Waals surface area (Å²) in [7, 11) is 0. The molecule has 2 saturated heterocycles. The van der Waals surface area contributed by atoms with Gasteiger partial charge in [0.25, 0.3) is 11.8 Å². The highest BCUT2D eigenvalue weighted by atomic mass is 35.5. The van der Waals surface area contributed by atoms with Gasteiger partial charge in [-0.1, -0.05) is 29.0 Å². The molecule has 138 valence electrons. The van der Waals surface area contributed by atoms with E-state index in [0.717, 1.165) is 0 Å². The molecule has 0 aliphatic carbocycles. The number of aliphatic hydroxyl groups excluding tert-OH is 1. The third kappa shape index (κ3) is 3.80.